The van der Waals surface area contributed by atoms with Gasteiger partial charge in [-0.2, -0.15) is 0 Å². The minimum Gasteiger partial charge on any atom is -0.395 e. The highest BCUT2D eigenvalue weighted by molar-refractivity contribution is 6.30. The number of urea groups is 2. The summed E-state index contributed by atoms with van der Waals surface area (Å²) in [6.07, 6.45) is 3.22. The Hall–Kier alpha value is -2.32. The number of nitrogens with zero attached hydrogens (tertiary/aromatic N) is 2. The van der Waals surface area contributed by atoms with E-state index in [1.54, 1.807) is 21.9 Å². The molecule has 1 aliphatic carbocycles. The molecule has 4 amide bonds. The normalized spacial score (nSPS) is 16.6. The van der Waals surface area contributed by atoms with Gasteiger partial charge >= 0.3 is 12.1 Å². The van der Waals surface area contributed by atoms with Crippen LogP contribution in [-0.4, -0.2) is 52.7 Å². The number of allylic oxidation sites excluding steroid dienone is 2. The van der Waals surface area contributed by atoms with Crippen LogP contribution in [0.5, 0.6) is 0 Å². The number of halogens is 2. The standard InChI is InChI=1S/C20H26ClFN4O3/c1-13-18(3-2-9-25(13)19(28)23-8-10-27)26(16-6-7-16)20(29)24-12-14-4-5-15(21)11-17(14)22/h4-5,11,16,27H,2-3,6-10,12H2,1H3,(H,23,28)(H,24,29). The first-order valence-corrected chi connectivity index (χ1v) is 10.2. The van der Waals surface area contributed by atoms with Crippen LogP contribution >= 0.6 is 11.6 Å². The molecule has 0 aromatic heterocycles. The number of carbonyl (C=O) groups is 2. The number of nitrogens with one attached hydrogen (secondary N) is 2. The fraction of sp³-hybridized carbons (Fsp3) is 0.500. The van der Waals surface area contributed by atoms with Gasteiger partial charge in [0.15, 0.2) is 0 Å². The summed E-state index contributed by atoms with van der Waals surface area (Å²) in [6, 6.07) is 3.87. The topological polar surface area (TPSA) is 84.9 Å². The van der Waals surface area contributed by atoms with Crippen molar-refractivity contribution in [3.05, 3.63) is 46.0 Å². The van der Waals surface area contributed by atoms with E-state index in [-0.39, 0.29) is 37.8 Å². The first-order valence-electron chi connectivity index (χ1n) is 9.79. The lowest BCUT2D eigenvalue weighted by atomic mass is 10.1. The van der Waals surface area contributed by atoms with Gasteiger partial charge in [-0.05, 0) is 44.7 Å². The summed E-state index contributed by atoms with van der Waals surface area (Å²) >= 11 is 5.78. The quantitative estimate of drug-likeness (QED) is 0.655. The van der Waals surface area contributed by atoms with Crippen molar-refractivity contribution in [2.75, 3.05) is 19.7 Å². The van der Waals surface area contributed by atoms with E-state index in [9.17, 15) is 14.0 Å². The van der Waals surface area contributed by atoms with Crippen molar-refractivity contribution in [3.63, 3.8) is 0 Å². The van der Waals surface area contributed by atoms with E-state index >= 15 is 0 Å². The van der Waals surface area contributed by atoms with E-state index in [0.29, 0.717) is 23.6 Å². The number of rotatable bonds is 6. The van der Waals surface area contributed by atoms with E-state index in [2.05, 4.69) is 10.6 Å². The molecule has 29 heavy (non-hydrogen) atoms. The molecule has 1 aromatic carbocycles. The van der Waals surface area contributed by atoms with Gasteiger partial charge in [-0.1, -0.05) is 17.7 Å². The molecule has 0 atom stereocenters. The highest BCUT2D eigenvalue weighted by atomic mass is 35.5. The number of aliphatic hydroxyl groups is 1. The van der Waals surface area contributed by atoms with Crippen molar-refractivity contribution in [1.29, 1.82) is 0 Å². The predicted molar refractivity (Wildman–Crippen MR) is 108 cm³/mol. The molecule has 1 aromatic rings. The Kier molecular flexibility index (Phi) is 6.97. The van der Waals surface area contributed by atoms with Crippen LogP contribution in [0.2, 0.25) is 5.02 Å². The third-order valence-electron chi connectivity index (χ3n) is 5.12. The largest absolute Gasteiger partial charge is 0.395 e. The lowest BCUT2D eigenvalue weighted by molar-refractivity contribution is 0.188. The van der Waals surface area contributed by atoms with E-state index in [1.165, 1.54) is 6.07 Å². The minimum atomic E-state index is -0.462. The Morgan fingerprint density at radius 2 is 2.10 bits per heavy atom. The lowest BCUT2D eigenvalue weighted by Crippen LogP contribution is -2.47. The van der Waals surface area contributed by atoms with Gasteiger partial charge in [-0.3, -0.25) is 9.80 Å². The summed E-state index contributed by atoms with van der Waals surface area (Å²) in [6.45, 7) is 2.49. The second-order valence-corrected chi connectivity index (χ2v) is 7.67. The van der Waals surface area contributed by atoms with Gasteiger partial charge in [-0.25, -0.2) is 14.0 Å². The average molecular weight is 425 g/mol. The van der Waals surface area contributed by atoms with E-state index < -0.39 is 5.82 Å². The van der Waals surface area contributed by atoms with Crippen molar-refractivity contribution >= 4 is 23.7 Å². The first kappa shape index (κ1) is 21.4. The summed E-state index contributed by atoms with van der Waals surface area (Å²) in [5.74, 6) is -0.462. The van der Waals surface area contributed by atoms with E-state index in [4.69, 9.17) is 16.7 Å². The van der Waals surface area contributed by atoms with Crippen molar-refractivity contribution in [2.45, 2.75) is 45.2 Å². The fourth-order valence-corrected chi connectivity index (χ4v) is 3.64. The van der Waals surface area contributed by atoms with E-state index in [0.717, 1.165) is 30.7 Å². The summed E-state index contributed by atoms with van der Waals surface area (Å²) < 4.78 is 14.0. The van der Waals surface area contributed by atoms with Crippen LogP contribution in [0.4, 0.5) is 14.0 Å². The maximum Gasteiger partial charge on any atom is 0.322 e. The van der Waals surface area contributed by atoms with Crippen molar-refractivity contribution in [1.82, 2.24) is 20.4 Å². The highest BCUT2D eigenvalue weighted by Crippen LogP contribution is 2.35. The lowest BCUT2D eigenvalue weighted by Gasteiger charge is -2.35. The molecule has 1 saturated carbocycles. The molecule has 1 aliphatic heterocycles. The van der Waals surface area contributed by atoms with Crippen LogP contribution in [-0.2, 0) is 6.54 Å². The molecule has 0 radical (unpaired) electrons. The molecule has 3 rings (SSSR count). The zero-order valence-corrected chi connectivity index (χ0v) is 17.1. The van der Waals surface area contributed by atoms with Gasteiger partial charge < -0.3 is 15.7 Å². The predicted octanol–water partition coefficient (Wildman–Crippen LogP) is 3.18. The van der Waals surface area contributed by atoms with Crippen LogP contribution in [0.25, 0.3) is 0 Å². The second kappa shape index (κ2) is 9.45. The molecule has 1 heterocycles. The van der Waals surface area contributed by atoms with Gasteiger partial charge in [0.2, 0.25) is 0 Å². The molecule has 0 bridgehead atoms. The number of amides is 4. The molecular weight excluding hydrogens is 399 g/mol. The molecular formula is C20H26ClFN4O3. The van der Waals surface area contributed by atoms with Crippen LogP contribution in [0.1, 0.15) is 38.2 Å². The molecule has 0 saturated heterocycles. The van der Waals surface area contributed by atoms with Gasteiger partial charge in [0.05, 0.1) is 6.61 Å². The Morgan fingerprint density at radius 1 is 1.34 bits per heavy atom. The maximum atomic E-state index is 14.0. The van der Waals surface area contributed by atoms with Gasteiger partial charge in [0.25, 0.3) is 0 Å². The third kappa shape index (κ3) is 5.19. The molecule has 158 valence electrons. The summed E-state index contributed by atoms with van der Waals surface area (Å²) in [5.41, 5.74) is 1.90. The second-order valence-electron chi connectivity index (χ2n) is 7.24. The zero-order valence-electron chi connectivity index (χ0n) is 16.4. The average Bonchev–Trinajstić information content (AvgIpc) is 3.52. The van der Waals surface area contributed by atoms with Crippen LogP contribution in [0.15, 0.2) is 29.6 Å². The van der Waals surface area contributed by atoms with Gasteiger partial charge in [0.1, 0.15) is 5.82 Å². The van der Waals surface area contributed by atoms with Crippen LogP contribution < -0.4 is 10.6 Å². The fourth-order valence-electron chi connectivity index (χ4n) is 3.48. The monoisotopic (exact) mass is 424 g/mol. The molecule has 0 unspecified atom stereocenters. The smallest absolute Gasteiger partial charge is 0.322 e. The maximum absolute atomic E-state index is 14.0. The van der Waals surface area contributed by atoms with E-state index in [1.807, 2.05) is 6.92 Å². The van der Waals surface area contributed by atoms with Crippen molar-refractivity contribution < 1.29 is 19.1 Å². The molecule has 3 N–H and O–H groups in total. The molecule has 1 fully saturated rings. The summed E-state index contributed by atoms with van der Waals surface area (Å²) in [7, 11) is 0. The summed E-state index contributed by atoms with van der Waals surface area (Å²) in [5, 5.41) is 14.7. The zero-order chi connectivity index (χ0) is 21.0. The molecule has 2 aliphatic rings. The SMILES string of the molecule is CC1=C(N(C(=O)NCc2ccc(Cl)cc2F)C2CC2)CCCN1C(=O)NCCO. The summed E-state index contributed by atoms with van der Waals surface area (Å²) in [4.78, 5) is 28.6. The first-order chi connectivity index (χ1) is 13.9. The Bertz CT molecular complexity index is 813. The molecule has 0 spiro atoms. The third-order valence-corrected chi connectivity index (χ3v) is 5.35. The number of benzene rings is 1. The van der Waals surface area contributed by atoms with Crippen molar-refractivity contribution in [2.24, 2.45) is 0 Å². The highest BCUT2D eigenvalue weighted by Gasteiger charge is 2.37. The Balaban J connectivity index is 1.74. The van der Waals surface area contributed by atoms with Crippen molar-refractivity contribution in [3.8, 4) is 0 Å². The number of carbonyl (C=O) groups excluding carboxylic acids is 2. The van der Waals surface area contributed by atoms with Gasteiger partial charge in [0, 0.05) is 47.7 Å². The molecule has 9 heteroatoms. The Labute approximate surface area is 174 Å². The van der Waals surface area contributed by atoms with Crippen LogP contribution in [0, 0.1) is 5.82 Å². The Morgan fingerprint density at radius 3 is 2.76 bits per heavy atom. The number of hydrogen-bond acceptors (Lipinski definition) is 3. The number of hydrogen-bond donors (Lipinski definition) is 3. The van der Waals surface area contributed by atoms with Gasteiger partial charge in [-0.15, -0.1) is 0 Å². The number of aliphatic hydroxyl groups excluding tert-OH is 1. The van der Waals surface area contributed by atoms with Crippen LogP contribution in [0.3, 0.4) is 0 Å². The minimum absolute atomic E-state index is 0.0537. The molecule has 7 nitrogen and oxygen atoms in total.